The average molecular weight is 504 g/mol. The summed E-state index contributed by atoms with van der Waals surface area (Å²) in [7, 11) is 0. The highest BCUT2D eigenvalue weighted by Crippen LogP contribution is 2.51. The maximum Gasteiger partial charge on any atom is 0.163 e. The standard InChI is InChI=1S/C26H21Cl3O4/c27-15-5-1-4-14(10-15)13-32-26-17(11-16(28)12-18(26)29)23-24-19(30)6-2-8-21(24)33-22-9-3-7-20(31)25(22)23/h1,4-5,10-12,23H,2-3,6-9,13H2. The second-order valence-corrected chi connectivity index (χ2v) is 9.77. The zero-order chi connectivity index (χ0) is 23.1. The topological polar surface area (TPSA) is 52.6 Å². The van der Waals surface area contributed by atoms with Crippen LogP contribution in [0.3, 0.4) is 0 Å². The van der Waals surface area contributed by atoms with Gasteiger partial charge in [0, 0.05) is 52.4 Å². The van der Waals surface area contributed by atoms with Gasteiger partial charge >= 0.3 is 0 Å². The van der Waals surface area contributed by atoms with Crippen molar-refractivity contribution in [2.75, 3.05) is 0 Å². The molecule has 5 rings (SSSR count). The van der Waals surface area contributed by atoms with Crippen molar-refractivity contribution in [3.8, 4) is 5.75 Å². The minimum Gasteiger partial charge on any atom is -0.487 e. The molecule has 2 aliphatic carbocycles. The van der Waals surface area contributed by atoms with E-state index in [0.29, 0.717) is 74.7 Å². The number of halogens is 3. The zero-order valence-corrected chi connectivity index (χ0v) is 20.0. The lowest BCUT2D eigenvalue weighted by atomic mass is 9.73. The summed E-state index contributed by atoms with van der Waals surface area (Å²) in [6, 6.07) is 10.7. The summed E-state index contributed by atoms with van der Waals surface area (Å²) >= 11 is 19.1. The van der Waals surface area contributed by atoms with Crippen LogP contribution in [0.25, 0.3) is 0 Å². The van der Waals surface area contributed by atoms with E-state index in [2.05, 4.69) is 0 Å². The molecule has 4 nitrogen and oxygen atoms in total. The highest BCUT2D eigenvalue weighted by Gasteiger charge is 2.43. The van der Waals surface area contributed by atoms with Gasteiger partial charge in [-0.15, -0.1) is 0 Å². The van der Waals surface area contributed by atoms with E-state index in [9.17, 15) is 9.59 Å². The molecular weight excluding hydrogens is 483 g/mol. The number of benzene rings is 2. The molecule has 0 aromatic heterocycles. The van der Waals surface area contributed by atoms with Gasteiger partial charge in [-0.25, -0.2) is 0 Å². The molecule has 0 radical (unpaired) electrons. The van der Waals surface area contributed by atoms with Crippen molar-refractivity contribution >= 4 is 46.4 Å². The monoisotopic (exact) mass is 502 g/mol. The third kappa shape index (κ3) is 4.32. The smallest absolute Gasteiger partial charge is 0.163 e. The average Bonchev–Trinajstić information content (AvgIpc) is 2.77. The molecule has 1 heterocycles. The van der Waals surface area contributed by atoms with E-state index in [0.717, 1.165) is 18.4 Å². The highest BCUT2D eigenvalue weighted by molar-refractivity contribution is 6.35. The Morgan fingerprint density at radius 3 is 2.15 bits per heavy atom. The first-order chi connectivity index (χ1) is 15.9. The van der Waals surface area contributed by atoms with E-state index in [1.807, 2.05) is 18.2 Å². The summed E-state index contributed by atoms with van der Waals surface area (Å²) in [5.41, 5.74) is 2.54. The lowest BCUT2D eigenvalue weighted by Crippen LogP contribution is -2.30. The molecule has 0 N–H and O–H groups in total. The van der Waals surface area contributed by atoms with Crippen LogP contribution in [0.5, 0.6) is 5.75 Å². The number of ketones is 2. The lowest BCUT2D eigenvalue weighted by Gasteiger charge is -2.36. The quantitative estimate of drug-likeness (QED) is 0.437. The van der Waals surface area contributed by atoms with Gasteiger partial charge in [0.2, 0.25) is 0 Å². The Morgan fingerprint density at radius 1 is 0.848 bits per heavy atom. The van der Waals surface area contributed by atoms with Crippen molar-refractivity contribution in [1.29, 1.82) is 0 Å². The third-order valence-corrected chi connectivity index (χ3v) is 7.00. The van der Waals surface area contributed by atoms with Gasteiger partial charge in [-0.05, 0) is 42.7 Å². The summed E-state index contributed by atoms with van der Waals surface area (Å²) in [6.45, 7) is 0.220. The highest BCUT2D eigenvalue weighted by atomic mass is 35.5. The first-order valence-corrected chi connectivity index (χ1v) is 12.1. The molecule has 2 aromatic carbocycles. The maximum absolute atomic E-state index is 13.1. The summed E-state index contributed by atoms with van der Waals surface area (Å²) < 4.78 is 12.3. The van der Waals surface area contributed by atoms with Crippen LogP contribution in [0.15, 0.2) is 59.1 Å². The minimum atomic E-state index is -0.602. The summed E-state index contributed by atoms with van der Waals surface area (Å²) in [6.07, 6.45) is 3.63. The third-order valence-electron chi connectivity index (χ3n) is 6.26. The zero-order valence-electron chi connectivity index (χ0n) is 17.8. The number of hydrogen-bond donors (Lipinski definition) is 0. The second-order valence-electron chi connectivity index (χ2n) is 8.49. The minimum absolute atomic E-state index is 0.0111. The van der Waals surface area contributed by atoms with E-state index < -0.39 is 5.92 Å². The number of ether oxygens (including phenoxy) is 2. The van der Waals surface area contributed by atoms with E-state index in [4.69, 9.17) is 44.3 Å². The molecule has 0 saturated heterocycles. The fourth-order valence-corrected chi connectivity index (χ4v) is 5.63. The molecule has 0 bridgehead atoms. The van der Waals surface area contributed by atoms with Gasteiger partial charge in [-0.2, -0.15) is 0 Å². The van der Waals surface area contributed by atoms with E-state index in [1.54, 1.807) is 18.2 Å². The predicted molar refractivity (Wildman–Crippen MR) is 128 cm³/mol. The van der Waals surface area contributed by atoms with Crippen molar-refractivity contribution in [3.05, 3.63) is 85.3 Å². The Kier molecular flexibility index (Phi) is 6.26. The van der Waals surface area contributed by atoms with Crippen molar-refractivity contribution in [1.82, 2.24) is 0 Å². The Labute approximate surface area is 207 Å². The fraction of sp³-hybridized carbons (Fsp3) is 0.308. The first-order valence-electron chi connectivity index (χ1n) is 11.0. The molecule has 0 fully saturated rings. The molecule has 0 spiro atoms. The number of allylic oxidation sites excluding steroid dienone is 4. The van der Waals surface area contributed by atoms with E-state index in [1.165, 1.54) is 0 Å². The van der Waals surface area contributed by atoms with Gasteiger partial charge in [-0.1, -0.05) is 46.9 Å². The van der Waals surface area contributed by atoms with Gasteiger partial charge < -0.3 is 9.47 Å². The molecule has 3 aliphatic rings. The van der Waals surface area contributed by atoms with E-state index >= 15 is 0 Å². The van der Waals surface area contributed by atoms with Crippen molar-refractivity contribution in [2.24, 2.45) is 0 Å². The Balaban J connectivity index is 1.64. The lowest BCUT2D eigenvalue weighted by molar-refractivity contribution is -0.117. The number of hydrogen-bond acceptors (Lipinski definition) is 4. The number of carbonyl (C=O) groups excluding carboxylic acids is 2. The molecular formula is C26H21Cl3O4. The van der Waals surface area contributed by atoms with Crippen molar-refractivity contribution in [3.63, 3.8) is 0 Å². The van der Waals surface area contributed by atoms with Gasteiger partial charge in [0.05, 0.1) is 10.9 Å². The normalized spacial score (nSPS) is 18.8. The maximum atomic E-state index is 13.1. The van der Waals surface area contributed by atoms with Crippen LogP contribution in [0.2, 0.25) is 15.1 Å². The molecule has 0 saturated carbocycles. The molecule has 0 amide bonds. The molecule has 170 valence electrons. The van der Waals surface area contributed by atoms with Crippen LogP contribution >= 0.6 is 34.8 Å². The Bertz CT molecular complexity index is 1190. The number of Topliss-reactive ketones (excluding diaryl/α,β-unsaturated/α-hetero) is 2. The van der Waals surface area contributed by atoms with Crippen LogP contribution < -0.4 is 4.74 Å². The van der Waals surface area contributed by atoms with Gasteiger partial charge in [-0.3, -0.25) is 9.59 Å². The van der Waals surface area contributed by atoms with Crippen LogP contribution in [-0.4, -0.2) is 11.6 Å². The summed E-state index contributed by atoms with van der Waals surface area (Å²) in [5, 5.41) is 1.34. The molecule has 2 aromatic rings. The van der Waals surface area contributed by atoms with Crippen molar-refractivity contribution in [2.45, 2.75) is 51.0 Å². The van der Waals surface area contributed by atoms with Crippen LogP contribution in [0, 0.1) is 0 Å². The van der Waals surface area contributed by atoms with Crippen LogP contribution in [0.1, 0.15) is 55.6 Å². The number of carbonyl (C=O) groups is 2. The van der Waals surface area contributed by atoms with Crippen LogP contribution in [-0.2, 0) is 20.9 Å². The molecule has 7 heteroatoms. The Hall–Kier alpha value is -2.27. The fourth-order valence-electron chi connectivity index (χ4n) is 4.86. The largest absolute Gasteiger partial charge is 0.487 e. The molecule has 0 unspecified atom stereocenters. The molecule has 0 atom stereocenters. The SMILES string of the molecule is O=C1CCCC2=C1C(c1cc(Cl)cc(Cl)c1OCc1cccc(Cl)c1)C1=C(CCCC1=O)O2. The predicted octanol–water partition coefficient (Wildman–Crippen LogP) is 7.35. The van der Waals surface area contributed by atoms with Gasteiger partial charge in [0.1, 0.15) is 23.9 Å². The van der Waals surface area contributed by atoms with Crippen molar-refractivity contribution < 1.29 is 19.1 Å². The summed E-state index contributed by atoms with van der Waals surface area (Å²) in [4.78, 5) is 26.2. The number of rotatable bonds is 4. The second kappa shape index (κ2) is 9.17. The molecule has 1 aliphatic heterocycles. The van der Waals surface area contributed by atoms with E-state index in [-0.39, 0.29) is 18.2 Å². The Morgan fingerprint density at radius 2 is 1.52 bits per heavy atom. The molecule has 33 heavy (non-hydrogen) atoms. The van der Waals surface area contributed by atoms with Gasteiger partial charge in [0.25, 0.3) is 0 Å². The van der Waals surface area contributed by atoms with Gasteiger partial charge in [0.15, 0.2) is 11.6 Å². The first kappa shape index (κ1) is 22.5. The van der Waals surface area contributed by atoms with Crippen LogP contribution in [0.4, 0.5) is 0 Å². The summed E-state index contributed by atoms with van der Waals surface area (Å²) in [5.74, 6) is 1.09.